The van der Waals surface area contributed by atoms with Crippen molar-refractivity contribution in [2.75, 3.05) is 0 Å². The summed E-state index contributed by atoms with van der Waals surface area (Å²) >= 11 is 0. The van der Waals surface area contributed by atoms with Crippen LogP contribution >= 0.6 is 0 Å². The van der Waals surface area contributed by atoms with Crippen molar-refractivity contribution in [3.63, 3.8) is 0 Å². The molecule has 0 aromatic rings. The van der Waals surface area contributed by atoms with Gasteiger partial charge in [0.2, 0.25) is 0 Å². The van der Waals surface area contributed by atoms with Gasteiger partial charge in [0, 0.05) is 5.25 Å². The van der Waals surface area contributed by atoms with Crippen LogP contribution in [0.4, 0.5) is 0 Å². The van der Waals surface area contributed by atoms with Gasteiger partial charge in [-0.05, 0) is 25.7 Å². The fourth-order valence-electron chi connectivity index (χ4n) is 3.98. The molecule has 0 saturated heterocycles. The maximum absolute atomic E-state index is 11.5. The summed E-state index contributed by atoms with van der Waals surface area (Å²) in [5.74, 6) is 0. The van der Waals surface area contributed by atoms with Crippen LogP contribution in [0, 0.1) is 0 Å². The summed E-state index contributed by atoms with van der Waals surface area (Å²) in [4.78, 5) is 0. The summed E-state index contributed by atoms with van der Waals surface area (Å²) < 4.78 is 34.6. The van der Waals surface area contributed by atoms with Gasteiger partial charge in [0.05, 0.1) is 16.2 Å². The SMILES string of the molecule is CCCCCCCCCCC(CCCCCCCCC(O)CCCC)S(=O)(=O)[O-].[K+]. The van der Waals surface area contributed by atoms with Crippen molar-refractivity contribution in [2.45, 2.75) is 154 Å². The van der Waals surface area contributed by atoms with E-state index in [2.05, 4.69) is 13.8 Å². The number of unbranched alkanes of at least 4 members (excludes halogenated alkanes) is 13. The monoisotopic (exact) mass is 472 g/mol. The predicted molar refractivity (Wildman–Crippen MR) is 123 cm³/mol. The third-order valence-electron chi connectivity index (χ3n) is 5.99. The standard InChI is InChI=1S/C24H50O4S.K/c1-3-5-7-8-9-10-14-17-21-24(29(26,27)28)22-18-15-12-11-13-16-20-23(25)19-6-4-2;/h23-25H,3-22H2,1-2H3,(H,26,27,28);/q;+1/p-1. The molecule has 2 unspecified atom stereocenters. The molecule has 0 fully saturated rings. The van der Waals surface area contributed by atoms with E-state index in [4.69, 9.17) is 0 Å². The Bertz CT molecular complexity index is 442. The van der Waals surface area contributed by atoms with Crippen LogP contribution in [0.3, 0.4) is 0 Å². The van der Waals surface area contributed by atoms with E-state index in [1.807, 2.05) is 0 Å². The Morgan fingerprint density at radius 3 is 1.33 bits per heavy atom. The zero-order chi connectivity index (χ0) is 21.8. The van der Waals surface area contributed by atoms with E-state index in [1.54, 1.807) is 0 Å². The largest absolute Gasteiger partial charge is 1.00 e. The first-order valence-electron chi connectivity index (χ1n) is 12.5. The summed E-state index contributed by atoms with van der Waals surface area (Å²) in [5.41, 5.74) is 0. The molecule has 0 heterocycles. The fraction of sp³-hybridized carbons (Fsp3) is 1.00. The number of rotatable bonds is 22. The molecule has 1 N–H and O–H groups in total. The molecular weight excluding hydrogens is 423 g/mol. The van der Waals surface area contributed by atoms with E-state index in [-0.39, 0.29) is 57.5 Å². The van der Waals surface area contributed by atoms with Gasteiger partial charge in [0.25, 0.3) is 0 Å². The van der Waals surface area contributed by atoms with Gasteiger partial charge in [-0.2, -0.15) is 0 Å². The summed E-state index contributed by atoms with van der Waals surface area (Å²) in [6.07, 6.45) is 20.6. The Balaban J connectivity index is 0. The van der Waals surface area contributed by atoms with Crippen LogP contribution in [0.25, 0.3) is 0 Å². The van der Waals surface area contributed by atoms with Gasteiger partial charge >= 0.3 is 51.4 Å². The fourth-order valence-corrected chi connectivity index (χ4v) is 4.89. The van der Waals surface area contributed by atoms with E-state index in [0.717, 1.165) is 83.5 Å². The number of hydrogen-bond donors (Lipinski definition) is 1. The van der Waals surface area contributed by atoms with E-state index < -0.39 is 15.4 Å². The van der Waals surface area contributed by atoms with Crippen LogP contribution < -0.4 is 51.4 Å². The number of aliphatic hydroxyl groups excluding tert-OH is 1. The molecule has 0 radical (unpaired) electrons. The number of aliphatic hydroxyl groups is 1. The van der Waals surface area contributed by atoms with Gasteiger partial charge in [-0.3, -0.25) is 0 Å². The average Bonchev–Trinajstić information content (AvgIpc) is 2.67. The van der Waals surface area contributed by atoms with Gasteiger partial charge in [-0.25, -0.2) is 8.42 Å². The molecule has 0 aromatic carbocycles. The average molecular weight is 473 g/mol. The van der Waals surface area contributed by atoms with Crippen LogP contribution in [0.2, 0.25) is 0 Å². The van der Waals surface area contributed by atoms with Crippen LogP contribution in [-0.4, -0.2) is 29.4 Å². The third-order valence-corrected chi connectivity index (χ3v) is 7.28. The van der Waals surface area contributed by atoms with Crippen LogP contribution in [0.15, 0.2) is 0 Å². The molecule has 0 bridgehead atoms. The van der Waals surface area contributed by atoms with E-state index in [0.29, 0.717) is 12.8 Å². The summed E-state index contributed by atoms with van der Waals surface area (Å²) in [5, 5.41) is 9.14. The van der Waals surface area contributed by atoms with Gasteiger partial charge in [-0.15, -0.1) is 0 Å². The first-order chi connectivity index (χ1) is 13.9. The van der Waals surface area contributed by atoms with E-state index in [1.165, 1.54) is 32.1 Å². The molecule has 176 valence electrons. The van der Waals surface area contributed by atoms with Crippen LogP contribution in [0.5, 0.6) is 0 Å². The molecular formula is C24H49KO4S. The second kappa shape index (κ2) is 23.7. The predicted octanol–water partition coefficient (Wildman–Crippen LogP) is 4.11. The van der Waals surface area contributed by atoms with Crippen molar-refractivity contribution < 1.29 is 69.5 Å². The Hall–Kier alpha value is 1.51. The quantitative estimate of drug-likeness (QED) is 0.146. The Morgan fingerprint density at radius 2 is 0.933 bits per heavy atom. The molecule has 0 saturated carbocycles. The molecule has 0 amide bonds. The van der Waals surface area contributed by atoms with E-state index >= 15 is 0 Å². The van der Waals surface area contributed by atoms with E-state index in [9.17, 15) is 18.1 Å². The zero-order valence-corrected chi connectivity index (χ0v) is 24.3. The van der Waals surface area contributed by atoms with Crippen molar-refractivity contribution in [2.24, 2.45) is 0 Å². The van der Waals surface area contributed by atoms with Gasteiger partial charge in [-0.1, -0.05) is 117 Å². The number of hydrogen-bond acceptors (Lipinski definition) is 4. The Labute approximate surface area is 230 Å². The molecule has 0 aliphatic heterocycles. The van der Waals surface area contributed by atoms with Gasteiger partial charge in [0.15, 0.2) is 0 Å². The summed E-state index contributed by atoms with van der Waals surface area (Å²) in [6.45, 7) is 4.36. The minimum absolute atomic E-state index is 0. The van der Waals surface area contributed by atoms with Crippen LogP contribution in [0.1, 0.15) is 142 Å². The van der Waals surface area contributed by atoms with Crippen molar-refractivity contribution in [3.8, 4) is 0 Å². The second-order valence-corrected chi connectivity index (χ2v) is 10.5. The normalized spacial score (nSPS) is 13.7. The molecule has 2 atom stereocenters. The molecule has 0 aromatic heterocycles. The van der Waals surface area contributed by atoms with Crippen molar-refractivity contribution >= 4 is 10.1 Å². The molecule has 30 heavy (non-hydrogen) atoms. The van der Waals surface area contributed by atoms with Crippen LogP contribution in [-0.2, 0) is 10.1 Å². The molecule has 6 heteroatoms. The smallest absolute Gasteiger partial charge is 0.748 e. The van der Waals surface area contributed by atoms with Gasteiger partial charge in [0.1, 0.15) is 0 Å². The Kier molecular flexibility index (Phi) is 26.6. The van der Waals surface area contributed by atoms with Crippen molar-refractivity contribution in [1.29, 1.82) is 0 Å². The third kappa shape index (κ3) is 22.7. The molecule has 4 nitrogen and oxygen atoms in total. The molecule has 0 rings (SSSR count). The Morgan fingerprint density at radius 1 is 0.600 bits per heavy atom. The van der Waals surface area contributed by atoms with Gasteiger partial charge < -0.3 is 9.66 Å². The van der Waals surface area contributed by atoms with Crippen molar-refractivity contribution in [3.05, 3.63) is 0 Å². The molecule has 0 spiro atoms. The molecule has 0 aliphatic rings. The summed E-state index contributed by atoms with van der Waals surface area (Å²) in [7, 11) is -4.17. The van der Waals surface area contributed by atoms with Crippen molar-refractivity contribution in [1.82, 2.24) is 0 Å². The maximum atomic E-state index is 11.5. The first-order valence-corrected chi connectivity index (χ1v) is 14.0. The second-order valence-electron chi connectivity index (χ2n) is 8.87. The minimum Gasteiger partial charge on any atom is -0.748 e. The maximum Gasteiger partial charge on any atom is 1.00 e. The first kappa shape index (κ1) is 33.7. The minimum atomic E-state index is -4.17. The topological polar surface area (TPSA) is 77.4 Å². The summed E-state index contributed by atoms with van der Waals surface area (Å²) in [6, 6.07) is 0. The molecule has 0 aliphatic carbocycles. The zero-order valence-electron chi connectivity index (χ0n) is 20.4.